The van der Waals surface area contributed by atoms with Crippen molar-refractivity contribution in [2.75, 3.05) is 0 Å². The number of para-hydroxylation sites is 2. The molecule has 9 aromatic carbocycles. The summed E-state index contributed by atoms with van der Waals surface area (Å²) in [6.07, 6.45) is 3.62. The Morgan fingerprint density at radius 2 is 0.893 bits per heavy atom. The second-order valence-corrected chi connectivity index (χ2v) is 15.6. The molecule has 0 N–H and O–H groups in total. The molecule has 0 fully saturated rings. The Hall–Kier alpha value is -7.14. The SMILES string of the molecule is c1cc(-c2ccc3c4ccc(-c5cccc(-n6c7ccccc7c7ccccc76)c5)cc4c4nccnc4c3c2)cc(-c2cccc3c2sc2ccccc23)c1. The Balaban J connectivity index is 0.981. The molecule has 4 heteroatoms. The predicted molar refractivity (Wildman–Crippen MR) is 238 cm³/mol. The first-order valence-electron chi connectivity index (χ1n) is 19.0. The molecule has 3 nitrogen and oxygen atoms in total. The second kappa shape index (κ2) is 12.2. The standard InChI is InChI=1S/C52H31N3S/c1-4-19-47-41(14-1)42-15-2-5-20-48(42)55(47)37-13-8-11-33(29-37)35-23-25-40-39-24-22-34(30-45(39)50-51(46(40)31-35)54-27-26-53-50)32-10-7-12-36(28-32)38-17-9-18-44-43-16-3-6-21-49(43)56-52(38)44/h1-31H. The van der Waals surface area contributed by atoms with Crippen molar-refractivity contribution in [3.05, 3.63) is 188 Å². The maximum absolute atomic E-state index is 4.96. The number of hydrogen-bond acceptors (Lipinski definition) is 3. The smallest absolute Gasteiger partial charge is 0.0971 e. The maximum Gasteiger partial charge on any atom is 0.0971 e. The zero-order valence-electron chi connectivity index (χ0n) is 30.1. The third kappa shape index (κ3) is 4.70. The van der Waals surface area contributed by atoms with Crippen molar-refractivity contribution < 1.29 is 0 Å². The first-order valence-corrected chi connectivity index (χ1v) is 19.8. The average molecular weight is 730 g/mol. The lowest BCUT2D eigenvalue weighted by atomic mass is 9.92. The van der Waals surface area contributed by atoms with Crippen LogP contribution in [0.2, 0.25) is 0 Å². The molecule has 3 heterocycles. The first kappa shape index (κ1) is 31.2. The van der Waals surface area contributed by atoms with E-state index in [0.29, 0.717) is 0 Å². The van der Waals surface area contributed by atoms with Gasteiger partial charge in [-0.2, -0.15) is 0 Å². The van der Waals surface area contributed by atoms with Crippen molar-refractivity contribution >= 4 is 85.9 Å². The number of thiophene rings is 1. The van der Waals surface area contributed by atoms with Gasteiger partial charge in [0.2, 0.25) is 0 Å². The van der Waals surface area contributed by atoms with Gasteiger partial charge in [0.15, 0.2) is 0 Å². The van der Waals surface area contributed by atoms with Crippen LogP contribution in [0.15, 0.2) is 188 Å². The Morgan fingerprint density at radius 1 is 0.357 bits per heavy atom. The van der Waals surface area contributed by atoms with Gasteiger partial charge in [-0.1, -0.05) is 127 Å². The van der Waals surface area contributed by atoms with Gasteiger partial charge in [-0.15, -0.1) is 11.3 Å². The molecule has 0 aliphatic heterocycles. The lowest BCUT2D eigenvalue weighted by molar-refractivity contribution is 1.18. The Bertz CT molecular complexity index is 3480. The van der Waals surface area contributed by atoms with Crippen molar-refractivity contribution in [2.45, 2.75) is 0 Å². The van der Waals surface area contributed by atoms with Crippen LogP contribution in [0.3, 0.4) is 0 Å². The Morgan fingerprint density at radius 3 is 1.59 bits per heavy atom. The van der Waals surface area contributed by atoms with Gasteiger partial charge in [0.25, 0.3) is 0 Å². The largest absolute Gasteiger partial charge is 0.309 e. The lowest BCUT2D eigenvalue weighted by Gasteiger charge is -2.14. The highest BCUT2D eigenvalue weighted by molar-refractivity contribution is 7.26. The van der Waals surface area contributed by atoms with Crippen LogP contribution in [-0.4, -0.2) is 14.5 Å². The van der Waals surface area contributed by atoms with Crippen LogP contribution in [0.25, 0.3) is 114 Å². The summed E-state index contributed by atoms with van der Waals surface area (Å²) in [6.45, 7) is 0. The minimum atomic E-state index is 0.915. The van der Waals surface area contributed by atoms with Crippen LogP contribution in [0.4, 0.5) is 0 Å². The van der Waals surface area contributed by atoms with Gasteiger partial charge in [-0.05, 0) is 92.7 Å². The van der Waals surface area contributed by atoms with Crippen molar-refractivity contribution in [1.29, 1.82) is 0 Å². The van der Waals surface area contributed by atoms with Gasteiger partial charge in [0.05, 0.1) is 22.1 Å². The maximum atomic E-state index is 4.96. The molecule has 12 aromatic rings. The van der Waals surface area contributed by atoms with Gasteiger partial charge in [0, 0.05) is 59.8 Å². The third-order valence-corrected chi connectivity index (χ3v) is 12.7. The third-order valence-electron chi connectivity index (χ3n) is 11.5. The molecule has 56 heavy (non-hydrogen) atoms. The fraction of sp³-hybridized carbons (Fsp3) is 0. The van der Waals surface area contributed by atoms with E-state index in [-0.39, 0.29) is 0 Å². The Labute approximate surface area is 326 Å². The van der Waals surface area contributed by atoms with Gasteiger partial charge >= 0.3 is 0 Å². The zero-order valence-corrected chi connectivity index (χ0v) is 31.0. The molecule has 12 rings (SSSR count). The highest BCUT2D eigenvalue weighted by Crippen LogP contribution is 2.42. The molecule has 3 aromatic heterocycles. The molecule has 0 spiro atoms. The second-order valence-electron chi connectivity index (χ2n) is 14.6. The normalized spacial score (nSPS) is 11.9. The Kier molecular flexibility index (Phi) is 6.80. The van der Waals surface area contributed by atoms with Crippen LogP contribution in [0, 0.1) is 0 Å². The van der Waals surface area contributed by atoms with E-state index in [2.05, 4.69) is 180 Å². The molecule has 0 saturated heterocycles. The van der Waals surface area contributed by atoms with Crippen LogP contribution < -0.4 is 0 Å². The van der Waals surface area contributed by atoms with E-state index >= 15 is 0 Å². The van der Waals surface area contributed by atoms with Crippen molar-refractivity contribution in [2.24, 2.45) is 0 Å². The van der Waals surface area contributed by atoms with Crippen LogP contribution in [-0.2, 0) is 0 Å². The number of aromatic nitrogens is 3. The summed E-state index contributed by atoms with van der Waals surface area (Å²) < 4.78 is 5.03. The highest BCUT2D eigenvalue weighted by atomic mass is 32.1. The molecule has 0 aliphatic carbocycles. The summed E-state index contributed by atoms with van der Waals surface area (Å²) in [6, 6.07) is 64.2. The van der Waals surface area contributed by atoms with Gasteiger partial charge in [-0.25, -0.2) is 0 Å². The molecule has 260 valence electrons. The van der Waals surface area contributed by atoms with Crippen LogP contribution >= 0.6 is 11.3 Å². The molecule has 0 aliphatic rings. The number of benzene rings is 9. The van der Waals surface area contributed by atoms with Gasteiger partial charge in [0.1, 0.15) is 0 Å². The quantitative estimate of drug-likeness (QED) is 0.169. The molecule has 0 amide bonds. The van der Waals surface area contributed by atoms with Crippen LogP contribution in [0.1, 0.15) is 0 Å². The predicted octanol–water partition coefficient (Wildman–Crippen LogP) is 14.4. The van der Waals surface area contributed by atoms with Gasteiger partial charge in [-0.3, -0.25) is 9.97 Å². The van der Waals surface area contributed by atoms with E-state index in [1.165, 1.54) is 69.4 Å². The minimum Gasteiger partial charge on any atom is -0.309 e. The first-order chi connectivity index (χ1) is 27.8. The lowest BCUT2D eigenvalue weighted by Crippen LogP contribution is -1.94. The van der Waals surface area contributed by atoms with E-state index in [1.807, 2.05) is 23.7 Å². The monoisotopic (exact) mass is 729 g/mol. The van der Waals surface area contributed by atoms with E-state index in [9.17, 15) is 0 Å². The van der Waals surface area contributed by atoms with E-state index < -0.39 is 0 Å². The highest BCUT2D eigenvalue weighted by Gasteiger charge is 2.16. The summed E-state index contributed by atoms with van der Waals surface area (Å²) in [5.74, 6) is 0. The molecule has 0 saturated carbocycles. The average Bonchev–Trinajstić information content (AvgIpc) is 3.82. The van der Waals surface area contributed by atoms with E-state index in [0.717, 1.165) is 44.2 Å². The van der Waals surface area contributed by atoms with E-state index in [1.54, 1.807) is 0 Å². The number of fused-ring (bicyclic) bond motifs is 12. The fourth-order valence-electron chi connectivity index (χ4n) is 8.91. The van der Waals surface area contributed by atoms with Crippen molar-refractivity contribution in [3.8, 4) is 39.1 Å². The molecule has 0 atom stereocenters. The topological polar surface area (TPSA) is 30.7 Å². The zero-order chi connectivity index (χ0) is 36.7. The summed E-state index contributed by atoms with van der Waals surface area (Å²) in [5.41, 5.74) is 12.5. The van der Waals surface area contributed by atoms with Gasteiger partial charge < -0.3 is 4.57 Å². The summed E-state index contributed by atoms with van der Waals surface area (Å²) in [7, 11) is 0. The number of nitrogens with zero attached hydrogens (tertiary/aromatic N) is 3. The van der Waals surface area contributed by atoms with E-state index in [4.69, 9.17) is 9.97 Å². The number of rotatable bonds is 4. The molecule has 0 unspecified atom stereocenters. The molecular formula is C52H31N3S. The summed E-state index contributed by atoms with van der Waals surface area (Å²) in [5, 5.41) is 9.72. The molecule has 0 radical (unpaired) electrons. The van der Waals surface area contributed by atoms with Crippen LogP contribution in [0.5, 0.6) is 0 Å². The summed E-state index contributed by atoms with van der Waals surface area (Å²) in [4.78, 5) is 9.92. The van der Waals surface area contributed by atoms with Crippen molar-refractivity contribution in [3.63, 3.8) is 0 Å². The molecule has 0 bridgehead atoms. The van der Waals surface area contributed by atoms with Crippen molar-refractivity contribution in [1.82, 2.24) is 14.5 Å². The minimum absolute atomic E-state index is 0.915. The summed E-state index contributed by atoms with van der Waals surface area (Å²) >= 11 is 1.87. The fourth-order valence-corrected chi connectivity index (χ4v) is 10.1. The number of hydrogen-bond donors (Lipinski definition) is 0. The molecular weight excluding hydrogens is 699 g/mol.